The average molecular weight is 272 g/mol. The van der Waals surface area contributed by atoms with Crippen molar-refractivity contribution in [2.75, 3.05) is 0 Å². The molecule has 3 aromatic heterocycles. The van der Waals surface area contributed by atoms with Crippen LogP contribution in [0.3, 0.4) is 0 Å². The summed E-state index contributed by atoms with van der Waals surface area (Å²) >= 11 is 1.60. The van der Waals surface area contributed by atoms with Gasteiger partial charge in [0, 0.05) is 18.5 Å². The molecule has 0 fully saturated rings. The Kier molecular flexibility index (Phi) is 3.37. The molecule has 96 valence electrons. The van der Waals surface area contributed by atoms with E-state index >= 15 is 0 Å². The van der Waals surface area contributed by atoms with Gasteiger partial charge in [0.05, 0.1) is 5.69 Å². The molecule has 0 aromatic carbocycles. The molecule has 0 spiro atoms. The molecular weight excluding hydrogens is 260 g/mol. The van der Waals surface area contributed by atoms with Crippen molar-refractivity contribution in [3.63, 3.8) is 0 Å². The molecule has 0 atom stereocenters. The lowest BCUT2D eigenvalue weighted by molar-refractivity contribution is 0.641. The molecule has 0 aliphatic carbocycles. The fraction of sp³-hybridized carbons (Fsp3) is 0.250. The predicted molar refractivity (Wildman–Crippen MR) is 72.6 cm³/mol. The molecule has 7 heteroatoms. The van der Waals surface area contributed by atoms with Gasteiger partial charge >= 0.3 is 0 Å². The third-order valence-corrected chi connectivity index (χ3v) is 3.66. The number of hydrogen-bond donors (Lipinski definition) is 0. The highest BCUT2D eigenvalue weighted by atomic mass is 32.2. The molecule has 6 nitrogen and oxygen atoms in total. The first kappa shape index (κ1) is 12.0. The number of aromatic nitrogens is 6. The van der Waals surface area contributed by atoms with Gasteiger partial charge in [0.15, 0.2) is 11.2 Å². The van der Waals surface area contributed by atoms with E-state index in [4.69, 9.17) is 0 Å². The smallest absolute Gasteiger partial charge is 0.182 e. The van der Waals surface area contributed by atoms with Crippen molar-refractivity contribution in [3.8, 4) is 0 Å². The summed E-state index contributed by atoms with van der Waals surface area (Å²) in [5.74, 6) is 0.756. The Morgan fingerprint density at radius 3 is 2.95 bits per heavy atom. The first-order valence-corrected chi connectivity index (χ1v) is 6.94. The van der Waals surface area contributed by atoms with Gasteiger partial charge in [-0.15, -0.1) is 5.10 Å². The molecule has 0 aliphatic heterocycles. The second kappa shape index (κ2) is 5.31. The zero-order valence-electron chi connectivity index (χ0n) is 10.4. The zero-order chi connectivity index (χ0) is 13.1. The number of hydrogen-bond acceptors (Lipinski definition) is 6. The van der Waals surface area contributed by atoms with E-state index in [1.165, 1.54) is 0 Å². The van der Waals surface area contributed by atoms with E-state index in [1.54, 1.807) is 29.0 Å². The van der Waals surface area contributed by atoms with Crippen molar-refractivity contribution in [2.24, 2.45) is 0 Å². The summed E-state index contributed by atoms with van der Waals surface area (Å²) in [5, 5.41) is 9.06. The fourth-order valence-corrected chi connectivity index (χ4v) is 2.56. The third kappa shape index (κ3) is 2.41. The monoisotopic (exact) mass is 272 g/mol. The lowest BCUT2D eigenvalue weighted by Gasteiger charge is -2.01. The van der Waals surface area contributed by atoms with Crippen LogP contribution in [0.15, 0.2) is 35.7 Å². The van der Waals surface area contributed by atoms with Crippen molar-refractivity contribution < 1.29 is 0 Å². The van der Waals surface area contributed by atoms with Crippen molar-refractivity contribution in [2.45, 2.75) is 24.2 Å². The highest BCUT2D eigenvalue weighted by Gasteiger charge is 2.11. The van der Waals surface area contributed by atoms with Crippen LogP contribution < -0.4 is 0 Å². The van der Waals surface area contributed by atoms with Crippen LogP contribution in [-0.2, 0) is 12.3 Å². The van der Waals surface area contributed by atoms with Gasteiger partial charge in [-0.1, -0.05) is 23.0 Å². The molecule has 0 radical (unpaired) electrons. The SMILES string of the molecule is CCn1nnc2c(SCc3ccccn3)ncnc21. The standard InChI is InChI=1S/C12H12N6S/c1-2-18-11-10(16-17-18)12(15-8-14-11)19-7-9-5-3-4-6-13-9/h3-6,8H,2,7H2,1H3. The average Bonchev–Trinajstić information content (AvgIpc) is 2.90. The van der Waals surface area contributed by atoms with Gasteiger partial charge in [-0.25, -0.2) is 14.6 Å². The fourth-order valence-electron chi connectivity index (χ4n) is 1.72. The summed E-state index contributed by atoms with van der Waals surface area (Å²) in [6.45, 7) is 2.76. The summed E-state index contributed by atoms with van der Waals surface area (Å²) in [4.78, 5) is 12.8. The molecule has 3 rings (SSSR count). The molecule has 3 heterocycles. The lowest BCUT2D eigenvalue weighted by Crippen LogP contribution is -1.97. The second-order valence-electron chi connectivity index (χ2n) is 3.87. The van der Waals surface area contributed by atoms with Crippen LogP contribution in [0.25, 0.3) is 11.2 Å². The summed E-state index contributed by atoms with van der Waals surface area (Å²) in [5.41, 5.74) is 2.55. The maximum absolute atomic E-state index is 4.29. The highest BCUT2D eigenvalue weighted by molar-refractivity contribution is 7.98. The van der Waals surface area contributed by atoms with Crippen LogP contribution in [0.5, 0.6) is 0 Å². The second-order valence-corrected chi connectivity index (χ2v) is 4.83. The Morgan fingerprint density at radius 2 is 2.16 bits per heavy atom. The summed E-state index contributed by atoms with van der Waals surface area (Å²) in [7, 11) is 0. The molecule has 0 amide bonds. The van der Waals surface area contributed by atoms with Crippen LogP contribution in [0.4, 0.5) is 0 Å². The van der Waals surface area contributed by atoms with Crippen LogP contribution in [0.1, 0.15) is 12.6 Å². The van der Waals surface area contributed by atoms with Crippen molar-refractivity contribution in [3.05, 3.63) is 36.4 Å². The van der Waals surface area contributed by atoms with Gasteiger partial charge in [0.2, 0.25) is 0 Å². The Bertz CT molecular complexity index is 681. The van der Waals surface area contributed by atoms with E-state index in [1.807, 2.05) is 25.1 Å². The van der Waals surface area contributed by atoms with Crippen LogP contribution in [-0.4, -0.2) is 29.9 Å². The normalized spacial score (nSPS) is 11.0. The van der Waals surface area contributed by atoms with Gasteiger partial charge in [-0.2, -0.15) is 0 Å². The van der Waals surface area contributed by atoms with Gasteiger partial charge in [0.1, 0.15) is 11.4 Å². The van der Waals surface area contributed by atoms with E-state index < -0.39 is 0 Å². The molecule has 0 bridgehead atoms. The molecule has 3 aromatic rings. The predicted octanol–water partition coefficient (Wildman–Crippen LogP) is 1.93. The van der Waals surface area contributed by atoms with E-state index in [9.17, 15) is 0 Å². The Balaban J connectivity index is 1.87. The van der Waals surface area contributed by atoms with Crippen LogP contribution >= 0.6 is 11.8 Å². The van der Waals surface area contributed by atoms with Crippen molar-refractivity contribution in [1.29, 1.82) is 0 Å². The van der Waals surface area contributed by atoms with Crippen molar-refractivity contribution >= 4 is 22.9 Å². The number of fused-ring (bicyclic) bond motifs is 1. The van der Waals surface area contributed by atoms with Gasteiger partial charge < -0.3 is 0 Å². The minimum atomic E-state index is 0.748. The number of rotatable bonds is 4. The van der Waals surface area contributed by atoms with Crippen molar-refractivity contribution in [1.82, 2.24) is 29.9 Å². The summed E-state index contributed by atoms with van der Waals surface area (Å²) in [6, 6.07) is 5.88. The minimum Gasteiger partial charge on any atom is -0.260 e. The maximum Gasteiger partial charge on any atom is 0.182 e. The lowest BCUT2D eigenvalue weighted by atomic mass is 10.4. The minimum absolute atomic E-state index is 0.748. The third-order valence-electron chi connectivity index (χ3n) is 2.65. The molecule has 0 unspecified atom stereocenters. The zero-order valence-corrected chi connectivity index (χ0v) is 11.2. The van der Waals surface area contributed by atoms with Gasteiger partial charge in [-0.05, 0) is 19.1 Å². The summed E-state index contributed by atoms with van der Waals surface area (Å²) in [6.07, 6.45) is 3.34. The number of pyridine rings is 1. The maximum atomic E-state index is 4.29. The number of aryl methyl sites for hydroxylation is 1. The van der Waals surface area contributed by atoms with E-state index in [-0.39, 0.29) is 0 Å². The first-order chi connectivity index (χ1) is 9.38. The number of nitrogens with zero attached hydrogens (tertiary/aromatic N) is 6. The molecule has 0 N–H and O–H groups in total. The van der Waals surface area contributed by atoms with E-state index in [2.05, 4.69) is 25.3 Å². The first-order valence-electron chi connectivity index (χ1n) is 5.95. The number of thioether (sulfide) groups is 1. The molecule has 0 saturated carbocycles. The molecule has 19 heavy (non-hydrogen) atoms. The van der Waals surface area contributed by atoms with Crippen LogP contribution in [0.2, 0.25) is 0 Å². The molecular formula is C12H12N6S. The summed E-state index contributed by atoms with van der Waals surface area (Å²) < 4.78 is 1.77. The highest BCUT2D eigenvalue weighted by Crippen LogP contribution is 2.24. The van der Waals surface area contributed by atoms with Crippen LogP contribution in [0, 0.1) is 0 Å². The topological polar surface area (TPSA) is 69.4 Å². The largest absolute Gasteiger partial charge is 0.260 e. The van der Waals surface area contributed by atoms with Gasteiger partial charge in [0.25, 0.3) is 0 Å². The molecule has 0 saturated heterocycles. The quantitative estimate of drug-likeness (QED) is 0.534. The Hall–Kier alpha value is -2.02. The van der Waals surface area contributed by atoms with E-state index in [0.29, 0.717) is 0 Å². The Morgan fingerprint density at radius 1 is 1.21 bits per heavy atom. The molecule has 0 aliphatic rings. The Labute approximate surface area is 114 Å². The van der Waals surface area contributed by atoms with Gasteiger partial charge in [-0.3, -0.25) is 4.98 Å². The van der Waals surface area contributed by atoms with E-state index in [0.717, 1.165) is 34.2 Å².